The molecule has 0 aliphatic carbocycles. The van der Waals surface area contributed by atoms with Crippen LogP contribution in [-0.2, 0) is 15.8 Å². The van der Waals surface area contributed by atoms with Crippen molar-refractivity contribution in [2.45, 2.75) is 76.9 Å². The number of fused-ring (bicyclic) bond motifs is 1. The number of Topliss-reactive ketones (excluding diaryl/α,β-unsaturated/α-hetero) is 1. The number of halogens is 1. The lowest BCUT2D eigenvalue weighted by atomic mass is 9.95. The van der Waals surface area contributed by atoms with Crippen LogP contribution in [0.2, 0.25) is 18.1 Å². The fourth-order valence-electron chi connectivity index (χ4n) is 4.56. The topological polar surface area (TPSA) is 97.6 Å². The number of amides is 1. The van der Waals surface area contributed by atoms with Crippen molar-refractivity contribution in [3.05, 3.63) is 48.5 Å². The number of carbonyl (C=O) groups is 2. The van der Waals surface area contributed by atoms with Crippen LogP contribution in [-0.4, -0.2) is 63.4 Å². The van der Waals surface area contributed by atoms with E-state index < -0.39 is 20.5 Å². The van der Waals surface area contributed by atoms with E-state index in [9.17, 15) is 19.1 Å². The molecule has 198 valence electrons. The summed E-state index contributed by atoms with van der Waals surface area (Å²) in [6, 6.07) is 9.30. The van der Waals surface area contributed by atoms with Crippen molar-refractivity contribution in [2.24, 2.45) is 0 Å². The lowest BCUT2D eigenvalue weighted by Crippen LogP contribution is -2.56. The van der Waals surface area contributed by atoms with Crippen LogP contribution in [0.3, 0.4) is 0 Å². The number of pyridine rings is 1. The van der Waals surface area contributed by atoms with Gasteiger partial charge in [-0.15, -0.1) is 0 Å². The standard InChI is InChI=1S/C27H35FN4O4Si/c1-27(2,3)37(4,5)36-24-11-8-14-32(26(34)35)23(24)15-18(33)16-31-17-29-22-13-12-21(30-25(22)31)19-9-6-7-10-20(19)28/h6-7,9-10,12-13,17,23-24H,8,11,14-16H2,1-5H3,(H,34,35)/t23-,24+/m1/s1. The van der Waals surface area contributed by atoms with Gasteiger partial charge in [0, 0.05) is 18.5 Å². The molecular weight excluding hydrogens is 491 g/mol. The van der Waals surface area contributed by atoms with E-state index in [1.807, 2.05) is 0 Å². The summed E-state index contributed by atoms with van der Waals surface area (Å²) in [4.78, 5) is 35.7. The Morgan fingerprint density at radius 1 is 1.19 bits per heavy atom. The molecule has 0 saturated carbocycles. The molecule has 8 nitrogen and oxygen atoms in total. The number of hydrogen-bond donors (Lipinski definition) is 1. The molecule has 10 heteroatoms. The smallest absolute Gasteiger partial charge is 0.407 e. The van der Waals surface area contributed by atoms with Gasteiger partial charge < -0.3 is 19.0 Å². The molecule has 3 aromatic rings. The molecule has 1 aliphatic rings. The second kappa shape index (κ2) is 10.3. The fourth-order valence-corrected chi connectivity index (χ4v) is 5.94. The summed E-state index contributed by atoms with van der Waals surface area (Å²) in [7, 11) is -2.18. The number of ketones is 1. The third-order valence-corrected chi connectivity index (χ3v) is 12.1. The van der Waals surface area contributed by atoms with Crippen molar-refractivity contribution in [2.75, 3.05) is 6.54 Å². The minimum atomic E-state index is -2.18. The first-order valence-electron chi connectivity index (χ1n) is 12.6. The number of carbonyl (C=O) groups excluding carboxylic acids is 1. The highest BCUT2D eigenvalue weighted by atomic mass is 28.4. The Morgan fingerprint density at radius 2 is 1.92 bits per heavy atom. The predicted molar refractivity (Wildman–Crippen MR) is 142 cm³/mol. The minimum absolute atomic E-state index is 0.0129. The van der Waals surface area contributed by atoms with E-state index in [-0.39, 0.29) is 35.7 Å². The molecule has 1 amide bonds. The zero-order chi connectivity index (χ0) is 27.0. The molecule has 1 aliphatic heterocycles. The number of carboxylic acid groups (broad SMARTS) is 1. The first kappa shape index (κ1) is 26.9. The largest absolute Gasteiger partial charge is 0.465 e. The molecule has 4 rings (SSSR count). The highest BCUT2D eigenvalue weighted by molar-refractivity contribution is 6.74. The molecule has 1 fully saturated rings. The molecule has 0 unspecified atom stereocenters. The number of nitrogens with zero attached hydrogens (tertiary/aromatic N) is 4. The van der Waals surface area contributed by atoms with Gasteiger partial charge in [-0.2, -0.15) is 0 Å². The molecule has 3 heterocycles. The normalized spacial score (nSPS) is 18.8. The van der Waals surface area contributed by atoms with Crippen molar-refractivity contribution < 1.29 is 23.5 Å². The van der Waals surface area contributed by atoms with E-state index in [1.165, 1.54) is 11.0 Å². The van der Waals surface area contributed by atoms with E-state index in [2.05, 4.69) is 43.8 Å². The van der Waals surface area contributed by atoms with Gasteiger partial charge in [-0.3, -0.25) is 4.79 Å². The number of piperidine rings is 1. The number of hydrogen-bond acceptors (Lipinski definition) is 5. The summed E-state index contributed by atoms with van der Waals surface area (Å²) in [5.41, 5.74) is 1.89. The first-order chi connectivity index (χ1) is 17.4. The Morgan fingerprint density at radius 3 is 2.59 bits per heavy atom. The van der Waals surface area contributed by atoms with Crippen LogP contribution >= 0.6 is 0 Å². The SMILES string of the molecule is CC(C)(C)[Si](C)(C)O[C@H]1CCCN(C(=O)O)[C@@H]1CC(=O)Cn1cnc2ccc(-c3ccccc3F)nc21. The van der Waals surface area contributed by atoms with Crippen molar-refractivity contribution in [3.8, 4) is 11.3 Å². The molecular formula is C27H35FN4O4Si. The summed E-state index contributed by atoms with van der Waals surface area (Å²) < 4.78 is 22.6. The molecule has 1 aromatic carbocycles. The second-order valence-corrected chi connectivity index (χ2v) is 16.0. The lowest BCUT2D eigenvalue weighted by molar-refractivity contribution is -0.122. The van der Waals surface area contributed by atoms with Gasteiger partial charge in [0.2, 0.25) is 0 Å². The van der Waals surface area contributed by atoms with E-state index in [0.717, 1.165) is 6.42 Å². The van der Waals surface area contributed by atoms with Gasteiger partial charge in [-0.1, -0.05) is 32.9 Å². The Hall–Kier alpha value is -3.11. The van der Waals surface area contributed by atoms with Crippen molar-refractivity contribution in [1.82, 2.24) is 19.4 Å². The number of rotatable bonds is 7. The van der Waals surface area contributed by atoms with Crippen LogP contribution in [0, 0.1) is 5.82 Å². The maximum absolute atomic E-state index is 14.3. The average Bonchev–Trinajstić information content (AvgIpc) is 3.21. The maximum atomic E-state index is 14.3. The van der Waals surface area contributed by atoms with Gasteiger partial charge in [0.05, 0.1) is 30.7 Å². The molecule has 0 radical (unpaired) electrons. The highest BCUT2D eigenvalue weighted by Crippen LogP contribution is 2.39. The number of likely N-dealkylation sites (tertiary alicyclic amines) is 1. The Balaban J connectivity index is 1.57. The molecule has 1 saturated heterocycles. The molecule has 2 aromatic heterocycles. The van der Waals surface area contributed by atoms with Crippen LogP contribution in [0.4, 0.5) is 9.18 Å². The fraction of sp³-hybridized carbons (Fsp3) is 0.481. The summed E-state index contributed by atoms with van der Waals surface area (Å²) >= 11 is 0. The van der Waals surface area contributed by atoms with E-state index in [4.69, 9.17) is 4.43 Å². The first-order valence-corrected chi connectivity index (χ1v) is 15.5. The van der Waals surface area contributed by atoms with Gasteiger partial charge in [0.15, 0.2) is 19.7 Å². The van der Waals surface area contributed by atoms with Crippen LogP contribution in [0.1, 0.15) is 40.0 Å². The quantitative estimate of drug-likeness (QED) is 0.395. The van der Waals surface area contributed by atoms with Gasteiger partial charge >= 0.3 is 6.09 Å². The van der Waals surface area contributed by atoms with E-state index in [1.54, 1.807) is 41.2 Å². The van der Waals surface area contributed by atoms with Crippen molar-refractivity contribution in [1.29, 1.82) is 0 Å². The maximum Gasteiger partial charge on any atom is 0.407 e. The number of benzene rings is 1. The summed E-state index contributed by atoms with van der Waals surface area (Å²) in [6.45, 7) is 11.1. The van der Waals surface area contributed by atoms with E-state index >= 15 is 0 Å². The Labute approximate surface area is 217 Å². The van der Waals surface area contributed by atoms with Crippen LogP contribution in [0.25, 0.3) is 22.4 Å². The molecule has 0 bridgehead atoms. The number of aromatic nitrogens is 3. The monoisotopic (exact) mass is 526 g/mol. The third-order valence-electron chi connectivity index (χ3n) is 7.61. The van der Waals surface area contributed by atoms with Crippen LogP contribution < -0.4 is 0 Å². The Bertz CT molecular complexity index is 1300. The molecule has 2 atom stereocenters. The van der Waals surface area contributed by atoms with Gasteiger partial charge in [0.1, 0.15) is 11.3 Å². The van der Waals surface area contributed by atoms with Gasteiger partial charge in [0.25, 0.3) is 0 Å². The zero-order valence-corrected chi connectivity index (χ0v) is 23.1. The predicted octanol–water partition coefficient (Wildman–Crippen LogP) is 5.73. The van der Waals surface area contributed by atoms with Gasteiger partial charge in [-0.05, 0) is 55.2 Å². The molecule has 0 spiro atoms. The molecule has 1 N–H and O–H groups in total. The van der Waals surface area contributed by atoms with Gasteiger partial charge in [-0.25, -0.2) is 19.2 Å². The highest BCUT2D eigenvalue weighted by Gasteiger charge is 2.44. The summed E-state index contributed by atoms with van der Waals surface area (Å²) in [5.74, 6) is -0.519. The van der Waals surface area contributed by atoms with Crippen molar-refractivity contribution >= 4 is 31.4 Å². The van der Waals surface area contributed by atoms with Crippen molar-refractivity contribution in [3.63, 3.8) is 0 Å². The third kappa shape index (κ3) is 5.75. The van der Waals surface area contributed by atoms with Crippen LogP contribution in [0.15, 0.2) is 42.7 Å². The Kier molecular flexibility index (Phi) is 7.52. The minimum Gasteiger partial charge on any atom is -0.465 e. The van der Waals surface area contributed by atoms with E-state index in [0.29, 0.717) is 35.4 Å². The molecule has 37 heavy (non-hydrogen) atoms. The summed E-state index contributed by atoms with van der Waals surface area (Å²) in [5, 5.41) is 9.83. The number of imidazole rings is 1. The average molecular weight is 527 g/mol. The summed E-state index contributed by atoms with van der Waals surface area (Å²) in [6.07, 6.45) is 1.63. The second-order valence-electron chi connectivity index (χ2n) is 11.2. The zero-order valence-electron chi connectivity index (χ0n) is 22.1. The van der Waals surface area contributed by atoms with Crippen LogP contribution in [0.5, 0.6) is 0 Å². The lowest BCUT2D eigenvalue weighted by Gasteiger charge is -2.45.